The molecule has 0 amide bonds. The molecule has 0 heterocycles. The van der Waals surface area contributed by atoms with Crippen LogP contribution in [0.5, 0.6) is 0 Å². The number of hydrogen-bond acceptors (Lipinski definition) is 2. The van der Waals surface area contributed by atoms with Crippen molar-refractivity contribution >= 4 is 28.2 Å². The third-order valence-electron chi connectivity index (χ3n) is 3.47. The third kappa shape index (κ3) is 4.97. The van der Waals surface area contributed by atoms with E-state index in [4.69, 9.17) is 0 Å². The number of aryl methyl sites for hydroxylation is 3. The minimum atomic E-state index is 0.491. The quantitative estimate of drug-likeness (QED) is 0.521. The average Bonchev–Trinajstić information content (AvgIpc) is 2.52. The molecular weight excluding hydrogens is 456 g/mol. The van der Waals surface area contributed by atoms with Crippen molar-refractivity contribution in [1.29, 1.82) is 0 Å². The molecule has 0 atom stereocenters. The van der Waals surface area contributed by atoms with Crippen LogP contribution in [0.15, 0.2) is 52.4 Å². The van der Waals surface area contributed by atoms with Crippen molar-refractivity contribution in [3.63, 3.8) is 0 Å². The van der Waals surface area contributed by atoms with Crippen molar-refractivity contribution in [3.05, 3.63) is 59.2 Å². The molecule has 0 aliphatic carbocycles. The topological polar surface area (TPSA) is 48.8 Å². The summed E-state index contributed by atoms with van der Waals surface area (Å²) in [4.78, 5) is 8.50. The zero-order chi connectivity index (χ0) is 16.8. The first-order valence-corrected chi connectivity index (χ1v) is 8.72. The summed E-state index contributed by atoms with van der Waals surface area (Å²) in [7, 11) is 0. The van der Waals surface area contributed by atoms with Crippen LogP contribution in [0.4, 0.5) is 11.4 Å². The van der Waals surface area contributed by atoms with Crippen LogP contribution in [-0.2, 0) is 19.4 Å². The van der Waals surface area contributed by atoms with Crippen molar-refractivity contribution in [3.8, 4) is 0 Å². The fourth-order valence-corrected chi connectivity index (χ4v) is 2.82. The van der Waals surface area contributed by atoms with E-state index in [9.17, 15) is 0 Å². The molecule has 2 aromatic carbocycles. The molecule has 0 fully saturated rings. The van der Waals surface area contributed by atoms with Gasteiger partial charge in [-0.05, 0) is 0 Å². The molecule has 5 heteroatoms. The van der Waals surface area contributed by atoms with E-state index in [-0.39, 0.29) is 0 Å². The first kappa shape index (κ1) is 17.3. The van der Waals surface area contributed by atoms with Gasteiger partial charge < -0.3 is 0 Å². The van der Waals surface area contributed by atoms with E-state index in [1.54, 1.807) is 0 Å². The van der Waals surface area contributed by atoms with Crippen LogP contribution in [0.3, 0.4) is 0 Å². The van der Waals surface area contributed by atoms with E-state index in [2.05, 4.69) is 60.2 Å². The molecule has 0 aromatic heterocycles. The fraction of sp³-hybridized carbons (Fsp3) is 0.167. The van der Waals surface area contributed by atoms with E-state index < -0.39 is 0 Å². The Morgan fingerprint density at radius 3 is 2.26 bits per heavy atom. The normalized spacial score (nSPS) is 11.0. The molecule has 0 spiro atoms. The second-order valence-electron chi connectivity index (χ2n) is 5.27. The molecule has 0 aliphatic heterocycles. The van der Waals surface area contributed by atoms with Gasteiger partial charge >= 0.3 is 148 Å². The molecule has 118 valence electrons. The first-order valence-electron chi connectivity index (χ1n) is 7.26. The summed E-state index contributed by atoms with van der Waals surface area (Å²) >= 11 is 1.23. The molecule has 23 heavy (non-hydrogen) atoms. The van der Waals surface area contributed by atoms with Gasteiger partial charge in [-0.15, -0.1) is 0 Å². The summed E-state index contributed by atoms with van der Waals surface area (Å²) in [6, 6.07) is 14.2. The van der Waals surface area contributed by atoms with Gasteiger partial charge in [-0.1, -0.05) is 0 Å². The molecule has 0 saturated carbocycles. The van der Waals surface area contributed by atoms with Gasteiger partial charge in [0.2, 0.25) is 0 Å². The van der Waals surface area contributed by atoms with Crippen LogP contribution in [0.1, 0.15) is 16.7 Å². The second-order valence-corrected chi connectivity index (χ2v) is 6.66. The third-order valence-corrected chi connectivity index (χ3v) is 4.16. The summed E-state index contributed by atoms with van der Waals surface area (Å²) in [6.07, 6.45) is 0. The van der Waals surface area contributed by atoms with Crippen molar-refractivity contribution in [2.24, 2.45) is 9.98 Å². The zero-order valence-electron chi connectivity index (χ0n) is 13.6. The average molecular weight is 476 g/mol. The van der Waals surface area contributed by atoms with Crippen LogP contribution in [0, 0.1) is 20.8 Å². The van der Waals surface area contributed by atoms with Crippen LogP contribution < -0.4 is 10.6 Å². The summed E-state index contributed by atoms with van der Waals surface area (Å²) in [5.41, 5.74) is 5.67. The van der Waals surface area contributed by atoms with Crippen molar-refractivity contribution < 1.29 is 19.4 Å². The maximum atomic E-state index is 4.50. The minimum absolute atomic E-state index is 0.491. The number of benzene rings is 2. The maximum absolute atomic E-state index is 4.50. The number of rotatable bonds is 4. The van der Waals surface area contributed by atoms with Gasteiger partial charge in [-0.3, -0.25) is 0 Å². The Kier molecular flexibility index (Phi) is 6.00. The first-order chi connectivity index (χ1) is 11.0. The van der Waals surface area contributed by atoms with Gasteiger partial charge in [-0.2, -0.15) is 0 Å². The predicted molar refractivity (Wildman–Crippen MR) is 96.3 cm³/mol. The molecular formula is C18H20N4W. The van der Waals surface area contributed by atoms with Crippen molar-refractivity contribution in [1.82, 2.24) is 0 Å². The van der Waals surface area contributed by atoms with Gasteiger partial charge in [0, 0.05) is 0 Å². The zero-order valence-corrected chi connectivity index (χ0v) is 16.5. The summed E-state index contributed by atoms with van der Waals surface area (Å²) in [6.45, 7) is 9.88. The van der Waals surface area contributed by atoms with Gasteiger partial charge in [0.1, 0.15) is 0 Å². The molecule has 0 aliphatic rings. The van der Waals surface area contributed by atoms with Gasteiger partial charge in [-0.25, -0.2) is 0 Å². The molecule has 0 saturated heterocycles. The van der Waals surface area contributed by atoms with Crippen LogP contribution in [0.25, 0.3) is 0 Å². The Bertz CT molecular complexity index is 751. The van der Waals surface area contributed by atoms with Gasteiger partial charge in [0.25, 0.3) is 0 Å². The van der Waals surface area contributed by atoms with Crippen LogP contribution in [-0.4, -0.2) is 16.8 Å². The van der Waals surface area contributed by atoms with Gasteiger partial charge in [0.15, 0.2) is 0 Å². The standard InChI is InChI=1S/C18H20N4.W/c1-13-10-15(3)17(11-14(13)2)22-18(19-4)21-12-20-16-8-6-5-7-9-16;/h5-11,20H,4H2,1-3H3,(H,21,22);. The number of aliphatic imine (C=N–C) groups is 2. The summed E-state index contributed by atoms with van der Waals surface area (Å²) in [5, 5.41) is 6.52. The number of hydrogen-bond donors (Lipinski definition) is 2. The van der Waals surface area contributed by atoms with E-state index in [1.807, 2.05) is 30.3 Å². The SMILES string of the molecule is C=NC(=N[C](=[W])Nc1ccccc1)Nc1cc(C)c(C)cc1C. The second kappa shape index (κ2) is 7.98. The Balaban J connectivity index is 2.15. The summed E-state index contributed by atoms with van der Waals surface area (Å²) in [5.74, 6) is 0.491. The van der Waals surface area contributed by atoms with Crippen LogP contribution in [0.2, 0.25) is 0 Å². The van der Waals surface area contributed by atoms with Gasteiger partial charge in [0.05, 0.1) is 0 Å². The van der Waals surface area contributed by atoms with Crippen molar-refractivity contribution in [2.45, 2.75) is 20.8 Å². The molecule has 2 rings (SSSR count). The molecule has 2 aromatic rings. The van der Waals surface area contributed by atoms with Crippen molar-refractivity contribution in [2.75, 3.05) is 10.6 Å². The van der Waals surface area contributed by atoms with E-state index >= 15 is 0 Å². The van der Waals surface area contributed by atoms with E-state index in [0.717, 1.165) is 21.1 Å². The molecule has 2 N–H and O–H groups in total. The summed E-state index contributed by atoms with van der Waals surface area (Å²) < 4.78 is 0.826. The predicted octanol–water partition coefficient (Wildman–Crippen LogP) is 3.83. The molecule has 0 bridgehead atoms. The molecule has 0 unspecified atom stereocenters. The number of anilines is 2. The Hall–Kier alpha value is -2.06. The number of guanidine groups is 1. The number of nitrogens with one attached hydrogen (secondary N) is 2. The Morgan fingerprint density at radius 2 is 1.61 bits per heavy atom. The Morgan fingerprint density at radius 1 is 0.957 bits per heavy atom. The molecule has 0 radical (unpaired) electrons. The molecule has 4 nitrogen and oxygen atoms in total. The van der Waals surface area contributed by atoms with E-state index in [1.165, 1.54) is 30.5 Å². The number of nitrogens with zero attached hydrogens (tertiary/aromatic N) is 2. The number of para-hydroxylation sites is 1. The Labute approximate surface area is 148 Å². The monoisotopic (exact) mass is 476 g/mol. The fourth-order valence-electron chi connectivity index (χ4n) is 2.09. The van der Waals surface area contributed by atoms with E-state index in [0.29, 0.717) is 5.96 Å². The van der Waals surface area contributed by atoms with Crippen LogP contribution >= 0.6 is 0 Å².